The van der Waals surface area contributed by atoms with Crippen molar-refractivity contribution in [2.75, 3.05) is 20.0 Å². The van der Waals surface area contributed by atoms with Gasteiger partial charge in [0.15, 0.2) is 17.3 Å². The zero-order valence-electron chi connectivity index (χ0n) is 12.1. The van der Waals surface area contributed by atoms with E-state index in [9.17, 15) is 9.18 Å². The van der Waals surface area contributed by atoms with Crippen LogP contribution in [-0.2, 0) is 0 Å². The maximum atomic E-state index is 13.5. The average Bonchev–Trinajstić information content (AvgIpc) is 2.49. The molecule has 2 aromatic carbocycles. The van der Waals surface area contributed by atoms with E-state index in [1.165, 1.54) is 26.4 Å². The molecule has 5 heteroatoms. The van der Waals surface area contributed by atoms with Crippen molar-refractivity contribution in [2.24, 2.45) is 0 Å². The summed E-state index contributed by atoms with van der Waals surface area (Å²) in [4.78, 5) is 12.5. The summed E-state index contributed by atoms with van der Waals surface area (Å²) in [5, 5.41) is 0. The highest BCUT2D eigenvalue weighted by atomic mass is 19.1. The molecule has 0 spiro atoms. The number of carbonyl (C=O) groups is 1. The summed E-state index contributed by atoms with van der Waals surface area (Å²) in [7, 11) is 3.01. The van der Waals surface area contributed by atoms with Gasteiger partial charge in [-0.05, 0) is 42.8 Å². The maximum Gasteiger partial charge on any atom is 0.193 e. The Bertz CT molecular complexity index is 698. The normalized spacial score (nSPS) is 10.3. The first-order valence-corrected chi connectivity index (χ1v) is 6.30. The van der Waals surface area contributed by atoms with Crippen molar-refractivity contribution in [2.45, 2.75) is 6.92 Å². The number of benzene rings is 2. The fourth-order valence-electron chi connectivity index (χ4n) is 2.05. The number of anilines is 1. The van der Waals surface area contributed by atoms with Gasteiger partial charge in [-0.3, -0.25) is 4.79 Å². The zero-order chi connectivity index (χ0) is 15.6. The van der Waals surface area contributed by atoms with E-state index in [0.29, 0.717) is 17.1 Å². The van der Waals surface area contributed by atoms with Gasteiger partial charge in [0.05, 0.1) is 19.9 Å². The molecule has 4 nitrogen and oxygen atoms in total. The quantitative estimate of drug-likeness (QED) is 0.694. The van der Waals surface area contributed by atoms with Crippen LogP contribution >= 0.6 is 0 Å². The van der Waals surface area contributed by atoms with Crippen molar-refractivity contribution >= 4 is 11.5 Å². The second kappa shape index (κ2) is 5.83. The number of rotatable bonds is 4. The number of ketones is 1. The summed E-state index contributed by atoms with van der Waals surface area (Å²) in [6, 6.07) is 7.30. The third-order valence-electron chi connectivity index (χ3n) is 3.24. The highest BCUT2D eigenvalue weighted by molar-refractivity contribution is 6.10. The van der Waals surface area contributed by atoms with Crippen LogP contribution < -0.4 is 15.2 Å². The van der Waals surface area contributed by atoms with E-state index in [-0.39, 0.29) is 17.0 Å². The summed E-state index contributed by atoms with van der Waals surface area (Å²) in [5.41, 5.74) is 6.81. The predicted molar refractivity (Wildman–Crippen MR) is 78.5 cm³/mol. The number of halogens is 1. The van der Waals surface area contributed by atoms with Gasteiger partial charge in [-0.1, -0.05) is 0 Å². The Labute approximate surface area is 122 Å². The minimum Gasteiger partial charge on any atom is -0.493 e. The monoisotopic (exact) mass is 289 g/mol. The van der Waals surface area contributed by atoms with Crippen LogP contribution in [0.2, 0.25) is 0 Å². The summed E-state index contributed by atoms with van der Waals surface area (Å²) in [6.07, 6.45) is 0. The van der Waals surface area contributed by atoms with Crippen LogP contribution in [0.4, 0.5) is 10.1 Å². The molecule has 0 unspecified atom stereocenters. The lowest BCUT2D eigenvalue weighted by Gasteiger charge is -2.12. The Morgan fingerprint density at radius 1 is 1.10 bits per heavy atom. The third-order valence-corrected chi connectivity index (χ3v) is 3.24. The molecule has 2 N–H and O–H groups in total. The largest absolute Gasteiger partial charge is 0.493 e. The van der Waals surface area contributed by atoms with Gasteiger partial charge in [-0.15, -0.1) is 0 Å². The molecule has 0 aliphatic carbocycles. The molecule has 0 fully saturated rings. The first-order valence-electron chi connectivity index (χ1n) is 6.30. The minimum atomic E-state index is -0.612. The number of hydrogen-bond acceptors (Lipinski definition) is 4. The molecule has 0 amide bonds. The van der Waals surface area contributed by atoms with Gasteiger partial charge >= 0.3 is 0 Å². The summed E-state index contributed by atoms with van der Waals surface area (Å²) < 4.78 is 23.9. The molecule has 0 aliphatic heterocycles. The molecular weight excluding hydrogens is 273 g/mol. The molecule has 110 valence electrons. The Kier molecular flexibility index (Phi) is 4.12. The number of methoxy groups -OCH3 is 2. The molecule has 0 saturated heterocycles. The summed E-state index contributed by atoms with van der Waals surface area (Å²) in [6.45, 7) is 1.78. The molecule has 2 rings (SSSR count). The second-order valence-electron chi connectivity index (χ2n) is 4.59. The van der Waals surface area contributed by atoms with Gasteiger partial charge in [-0.25, -0.2) is 4.39 Å². The van der Waals surface area contributed by atoms with Crippen LogP contribution in [-0.4, -0.2) is 20.0 Å². The topological polar surface area (TPSA) is 61.5 Å². The molecule has 0 aliphatic rings. The summed E-state index contributed by atoms with van der Waals surface area (Å²) in [5.74, 6) is 0.0729. The van der Waals surface area contributed by atoms with E-state index in [1.54, 1.807) is 19.1 Å². The van der Waals surface area contributed by atoms with Crippen LogP contribution in [0.15, 0.2) is 30.3 Å². The Hall–Kier alpha value is -2.56. The van der Waals surface area contributed by atoms with Crippen LogP contribution in [0.25, 0.3) is 0 Å². The molecule has 0 bridgehead atoms. The smallest absolute Gasteiger partial charge is 0.193 e. The number of ether oxygens (including phenoxy) is 2. The lowest BCUT2D eigenvalue weighted by Crippen LogP contribution is -2.06. The van der Waals surface area contributed by atoms with Gasteiger partial charge in [0.25, 0.3) is 0 Å². The SMILES string of the molecule is COc1cc(C)c(C(=O)c2ccc(N)c(F)c2)cc1OC. The fraction of sp³-hybridized carbons (Fsp3) is 0.188. The van der Waals surface area contributed by atoms with Crippen LogP contribution in [0, 0.1) is 12.7 Å². The van der Waals surface area contributed by atoms with Crippen molar-refractivity contribution < 1.29 is 18.7 Å². The van der Waals surface area contributed by atoms with Crippen molar-refractivity contribution in [3.05, 3.63) is 52.8 Å². The molecule has 0 aromatic heterocycles. The van der Waals surface area contributed by atoms with Crippen LogP contribution in [0.5, 0.6) is 11.5 Å². The number of hydrogen-bond donors (Lipinski definition) is 1. The lowest BCUT2D eigenvalue weighted by atomic mass is 9.98. The van der Waals surface area contributed by atoms with Crippen molar-refractivity contribution in [3.63, 3.8) is 0 Å². The van der Waals surface area contributed by atoms with E-state index in [2.05, 4.69) is 0 Å². The van der Waals surface area contributed by atoms with Crippen LogP contribution in [0.1, 0.15) is 21.5 Å². The lowest BCUT2D eigenvalue weighted by molar-refractivity contribution is 0.103. The third kappa shape index (κ3) is 2.81. The predicted octanol–water partition coefficient (Wildman–Crippen LogP) is 2.96. The average molecular weight is 289 g/mol. The van der Waals surface area contributed by atoms with Gasteiger partial charge in [0.1, 0.15) is 5.82 Å². The molecule has 0 saturated carbocycles. The van der Waals surface area contributed by atoms with Gasteiger partial charge in [0, 0.05) is 11.1 Å². The van der Waals surface area contributed by atoms with Crippen molar-refractivity contribution in [1.82, 2.24) is 0 Å². The van der Waals surface area contributed by atoms with Gasteiger partial charge in [0.2, 0.25) is 0 Å². The molecular formula is C16H16FNO3. The number of nitrogen functional groups attached to an aromatic ring is 1. The number of aryl methyl sites for hydroxylation is 1. The fourth-order valence-corrected chi connectivity index (χ4v) is 2.05. The zero-order valence-corrected chi connectivity index (χ0v) is 12.1. The minimum absolute atomic E-state index is 0.00980. The molecule has 0 heterocycles. The number of nitrogens with two attached hydrogens (primary N) is 1. The van der Waals surface area contributed by atoms with E-state index in [0.717, 1.165) is 11.6 Å². The van der Waals surface area contributed by atoms with E-state index in [4.69, 9.17) is 15.2 Å². The standard InChI is InChI=1S/C16H16FNO3/c1-9-6-14(20-2)15(21-3)8-11(9)16(19)10-4-5-13(18)12(17)7-10/h4-8H,18H2,1-3H3. The van der Waals surface area contributed by atoms with Crippen LogP contribution in [0.3, 0.4) is 0 Å². The Morgan fingerprint density at radius 3 is 2.29 bits per heavy atom. The van der Waals surface area contributed by atoms with Crippen molar-refractivity contribution in [3.8, 4) is 11.5 Å². The summed E-state index contributed by atoms with van der Waals surface area (Å²) >= 11 is 0. The van der Waals surface area contributed by atoms with Crippen molar-refractivity contribution in [1.29, 1.82) is 0 Å². The second-order valence-corrected chi connectivity index (χ2v) is 4.59. The molecule has 2 aromatic rings. The Morgan fingerprint density at radius 2 is 1.71 bits per heavy atom. The molecule has 0 atom stereocenters. The Balaban J connectivity index is 2.50. The first kappa shape index (κ1) is 14.8. The van der Waals surface area contributed by atoms with E-state index < -0.39 is 5.82 Å². The van der Waals surface area contributed by atoms with E-state index in [1.807, 2.05) is 0 Å². The first-order chi connectivity index (χ1) is 9.97. The van der Waals surface area contributed by atoms with Gasteiger partial charge in [-0.2, -0.15) is 0 Å². The molecule has 21 heavy (non-hydrogen) atoms. The highest BCUT2D eigenvalue weighted by Gasteiger charge is 2.17. The van der Waals surface area contributed by atoms with E-state index >= 15 is 0 Å². The number of carbonyl (C=O) groups excluding carboxylic acids is 1. The maximum absolute atomic E-state index is 13.5. The molecule has 0 radical (unpaired) electrons. The highest BCUT2D eigenvalue weighted by Crippen LogP contribution is 2.31. The van der Waals surface area contributed by atoms with Gasteiger partial charge < -0.3 is 15.2 Å².